The molecule has 3 N–H and O–H groups in total. The van der Waals surface area contributed by atoms with Crippen LogP contribution >= 0.6 is 0 Å². The molecular weight excluding hydrogens is 368 g/mol. The standard InChI is InChI=1S/C26H20N4/c1-16-25(19-14-27-21-10-4-2-8-17(19)21)26(30-24-13-7-6-12-23(24)29-16)20-15-28-22-11-5-3-9-18(20)22/h2-15,27-29H,1H3. The van der Waals surface area contributed by atoms with Crippen LogP contribution < -0.4 is 5.32 Å². The molecule has 6 rings (SSSR count). The molecule has 0 saturated carbocycles. The molecule has 0 bridgehead atoms. The third-order valence-corrected chi connectivity index (χ3v) is 5.77. The summed E-state index contributed by atoms with van der Waals surface area (Å²) in [5.41, 5.74) is 9.57. The van der Waals surface area contributed by atoms with Crippen molar-refractivity contribution in [3.8, 4) is 0 Å². The Morgan fingerprint density at radius 1 is 0.667 bits per heavy atom. The average molecular weight is 388 g/mol. The third-order valence-electron chi connectivity index (χ3n) is 5.77. The number of benzene rings is 3. The Balaban J connectivity index is 1.69. The van der Waals surface area contributed by atoms with Gasteiger partial charge in [0.05, 0.1) is 17.1 Å². The number of nitrogens with zero attached hydrogens (tertiary/aromatic N) is 1. The van der Waals surface area contributed by atoms with Crippen molar-refractivity contribution >= 4 is 44.5 Å². The molecule has 0 radical (unpaired) electrons. The number of fused-ring (bicyclic) bond motifs is 3. The zero-order valence-corrected chi connectivity index (χ0v) is 16.5. The van der Waals surface area contributed by atoms with E-state index in [1.54, 1.807) is 0 Å². The highest BCUT2D eigenvalue weighted by molar-refractivity contribution is 6.38. The minimum atomic E-state index is 0.937. The smallest absolute Gasteiger partial charge is 0.0872 e. The lowest BCUT2D eigenvalue weighted by Crippen LogP contribution is -2.08. The van der Waals surface area contributed by atoms with E-state index in [0.29, 0.717) is 0 Å². The molecular formula is C26H20N4. The fourth-order valence-electron chi connectivity index (χ4n) is 4.37. The van der Waals surface area contributed by atoms with E-state index in [-0.39, 0.29) is 0 Å². The summed E-state index contributed by atoms with van der Waals surface area (Å²) in [7, 11) is 0. The number of anilines is 1. The molecule has 0 spiro atoms. The SMILES string of the molecule is CC1=C(c2c[nH]c3ccccc23)C(c2c[nH]c3ccccc23)=Nc2ccccc2N1. The van der Waals surface area contributed by atoms with Gasteiger partial charge < -0.3 is 15.3 Å². The number of H-pyrrole nitrogens is 2. The average Bonchev–Trinajstić information content (AvgIpc) is 3.36. The maximum atomic E-state index is 5.19. The lowest BCUT2D eigenvalue weighted by Gasteiger charge is -2.13. The molecule has 144 valence electrons. The summed E-state index contributed by atoms with van der Waals surface area (Å²) in [5, 5.41) is 5.96. The van der Waals surface area contributed by atoms with Gasteiger partial charge in [0.25, 0.3) is 0 Å². The zero-order chi connectivity index (χ0) is 20.1. The topological polar surface area (TPSA) is 56.0 Å². The second kappa shape index (κ2) is 6.49. The van der Waals surface area contributed by atoms with Gasteiger partial charge in [-0.25, -0.2) is 4.99 Å². The highest BCUT2D eigenvalue weighted by atomic mass is 15.0. The minimum Gasteiger partial charge on any atom is -0.361 e. The van der Waals surface area contributed by atoms with Crippen molar-refractivity contribution in [2.75, 3.05) is 5.32 Å². The highest BCUT2D eigenvalue weighted by Gasteiger charge is 2.24. The molecule has 1 aliphatic heterocycles. The molecule has 0 aliphatic carbocycles. The number of aromatic amines is 2. The number of nitrogens with one attached hydrogen (secondary N) is 3. The van der Waals surface area contributed by atoms with Crippen molar-refractivity contribution in [3.05, 3.63) is 102 Å². The Labute approximate surface area is 174 Å². The molecule has 2 aromatic heterocycles. The number of aromatic nitrogens is 2. The Morgan fingerprint density at radius 2 is 1.27 bits per heavy atom. The van der Waals surface area contributed by atoms with Gasteiger partial charge >= 0.3 is 0 Å². The molecule has 1 aliphatic rings. The van der Waals surface area contributed by atoms with Crippen LogP contribution in [0.25, 0.3) is 27.4 Å². The number of allylic oxidation sites excluding steroid dienone is 2. The van der Waals surface area contributed by atoms with E-state index in [9.17, 15) is 0 Å². The molecule has 30 heavy (non-hydrogen) atoms. The Kier molecular flexibility index (Phi) is 3.65. The largest absolute Gasteiger partial charge is 0.361 e. The molecule has 4 heteroatoms. The first-order chi connectivity index (χ1) is 14.8. The molecule has 0 saturated heterocycles. The Morgan fingerprint density at radius 3 is 2.03 bits per heavy atom. The first-order valence-corrected chi connectivity index (χ1v) is 10.1. The Bertz CT molecular complexity index is 1480. The van der Waals surface area contributed by atoms with E-state index >= 15 is 0 Å². The maximum absolute atomic E-state index is 5.19. The number of hydrogen-bond acceptors (Lipinski definition) is 2. The second-order valence-corrected chi connectivity index (χ2v) is 7.60. The number of aliphatic imine (C=N–C) groups is 1. The zero-order valence-electron chi connectivity index (χ0n) is 16.5. The van der Waals surface area contributed by atoms with E-state index < -0.39 is 0 Å². The summed E-state index contributed by atoms with van der Waals surface area (Å²) < 4.78 is 0. The molecule has 0 unspecified atom stereocenters. The third kappa shape index (κ3) is 2.51. The predicted octanol–water partition coefficient (Wildman–Crippen LogP) is 6.63. The summed E-state index contributed by atoms with van der Waals surface area (Å²) in [5.74, 6) is 0. The van der Waals surface area contributed by atoms with Gasteiger partial charge in [0.1, 0.15) is 0 Å². The quantitative estimate of drug-likeness (QED) is 0.312. The van der Waals surface area contributed by atoms with Gasteiger partial charge in [-0.1, -0.05) is 48.5 Å². The maximum Gasteiger partial charge on any atom is 0.0872 e. The van der Waals surface area contributed by atoms with Gasteiger partial charge in [-0.3, -0.25) is 0 Å². The van der Waals surface area contributed by atoms with Crippen LogP contribution in [0, 0.1) is 0 Å². The fraction of sp³-hybridized carbons (Fsp3) is 0.0385. The summed E-state index contributed by atoms with van der Waals surface area (Å²) in [6, 6.07) is 25.0. The van der Waals surface area contributed by atoms with E-state index in [0.717, 1.165) is 50.5 Å². The van der Waals surface area contributed by atoms with Crippen molar-refractivity contribution in [1.29, 1.82) is 0 Å². The molecule has 0 atom stereocenters. The van der Waals surface area contributed by atoms with E-state index in [1.807, 2.05) is 12.1 Å². The molecule has 4 nitrogen and oxygen atoms in total. The van der Waals surface area contributed by atoms with E-state index in [2.05, 4.69) is 95.3 Å². The molecule has 3 heterocycles. The van der Waals surface area contributed by atoms with Crippen molar-refractivity contribution in [1.82, 2.24) is 9.97 Å². The van der Waals surface area contributed by atoms with Gasteiger partial charge in [0.15, 0.2) is 0 Å². The van der Waals surface area contributed by atoms with Crippen LogP contribution in [0.3, 0.4) is 0 Å². The summed E-state index contributed by atoms with van der Waals surface area (Å²) in [4.78, 5) is 12.0. The van der Waals surface area contributed by atoms with Crippen LogP contribution in [-0.4, -0.2) is 15.7 Å². The van der Waals surface area contributed by atoms with Crippen LogP contribution in [0.2, 0.25) is 0 Å². The van der Waals surface area contributed by atoms with Gasteiger partial charge in [0, 0.05) is 56.6 Å². The number of rotatable bonds is 2. The highest BCUT2D eigenvalue weighted by Crippen LogP contribution is 2.38. The molecule has 0 amide bonds. The first kappa shape index (κ1) is 16.9. The van der Waals surface area contributed by atoms with Crippen LogP contribution in [-0.2, 0) is 0 Å². The molecule has 3 aromatic carbocycles. The summed E-state index contributed by atoms with van der Waals surface area (Å²) in [6.45, 7) is 2.13. The second-order valence-electron chi connectivity index (χ2n) is 7.60. The van der Waals surface area contributed by atoms with Gasteiger partial charge in [-0.2, -0.15) is 0 Å². The van der Waals surface area contributed by atoms with E-state index in [1.165, 1.54) is 10.8 Å². The monoisotopic (exact) mass is 388 g/mol. The number of para-hydroxylation sites is 4. The lowest BCUT2D eigenvalue weighted by molar-refractivity contribution is 1.39. The lowest BCUT2D eigenvalue weighted by atomic mass is 9.93. The van der Waals surface area contributed by atoms with E-state index in [4.69, 9.17) is 4.99 Å². The number of hydrogen-bond donors (Lipinski definition) is 3. The van der Waals surface area contributed by atoms with Crippen LogP contribution in [0.5, 0.6) is 0 Å². The Hall–Kier alpha value is -4.05. The van der Waals surface area contributed by atoms with Crippen LogP contribution in [0.1, 0.15) is 18.1 Å². The van der Waals surface area contributed by atoms with Crippen molar-refractivity contribution in [3.63, 3.8) is 0 Å². The molecule has 5 aromatic rings. The minimum absolute atomic E-state index is 0.937. The summed E-state index contributed by atoms with van der Waals surface area (Å²) in [6.07, 6.45) is 4.16. The fourth-order valence-corrected chi connectivity index (χ4v) is 4.37. The van der Waals surface area contributed by atoms with Gasteiger partial charge in [0.2, 0.25) is 0 Å². The van der Waals surface area contributed by atoms with Gasteiger partial charge in [-0.05, 0) is 31.2 Å². The van der Waals surface area contributed by atoms with Crippen LogP contribution in [0.4, 0.5) is 11.4 Å². The predicted molar refractivity (Wildman–Crippen MR) is 125 cm³/mol. The van der Waals surface area contributed by atoms with Crippen molar-refractivity contribution in [2.45, 2.75) is 6.92 Å². The van der Waals surface area contributed by atoms with Crippen molar-refractivity contribution in [2.24, 2.45) is 4.99 Å². The van der Waals surface area contributed by atoms with Crippen molar-refractivity contribution < 1.29 is 0 Å². The molecule has 0 fully saturated rings. The summed E-state index contributed by atoms with van der Waals surface area (Å²) >= 11 is 0. The normalized spacial score (nSPS) is 13.8. The van der Waals surface area contributed by atoms with Crippen LogP contribution in [0.15, 0.2) is 95.9 Å². The van der Waals surface area contributed by atoms with Gasteiger partial charge in [-0.15, -0.1) is 0 Å². The first-order valence-electron chi connectivity index (χ1n) is 10.1.